The van der Waals surface area contributed by atoms with Crippen LogP contribution < -0.4 is 15.4 Å². The second kappa shape index (κ2) is 9.60. The Morgan fingerprint density at radius 2 is 1.89 bits per heavy atom. The maximum atomic E-state index is 5.30. The van der Waals surface area contributed by atoms with E-state index < -0.39 is 0 Å². The second-order valence-corrected chi connectivity index (χ2v) is 7.23. The minimum Gasteiger partial charge on any atom is -0.497 e. The number of hydrogen-bond donors (Lipinski definition) is 2. The van der Waals surface area contributed by atoms with Crippen molar-refractivity contribution in [2.75, 3.05) is 33.8 Å². The van der Waals surface area contributed by atoms with Crippen LogP contribution in [0.25, 0.3) is 10.8 Å². The van der Waals surface area contributed by atoms with E-state index in [2.05, 4.69) is 57.8 Å². The molecule has 0 spiro atoms. The third-order valence-electron chi connectivity index (χ3n) is 5.26. The van der Waals surface area contributed by atoms with Gasteiger partial charge < -0.3 is 20.3 Å². The van der Waals surface area contributed by atoms with Gasteiger partial charge in [0.15, 0.2) is 5.96 Å². The van der Waals surface area contributed by atoms with Crippen LogP contribution in [-0.2, 0) is 6.54 Å². The molecule has 2 N–H and O–H groups in total. The number of aliphatic imine (C=N–C) groups is 1. The van der Waals surface area contributed by atoms with Gasteiger partial charge in [-0.25, -0.2) is 0 Å². The highest BCUT2D eigenvalue weighted by Gasteiger charge is 2.19. The van der Waals surface area contributed by atoms with Crippen molar-refractivity contribution in [1.82, 2.24) is 15.5 Å². The molecule has 1 aliphatic heterocycles. The summed E-state index contributed by atoms with van der Waals surface area (Å²) in [7, 11) is 3.54. The van der Waals surface area contributed by atoms with Gasteiger partial charge in [0.1, 0.15) is 5.75 Å². The number of benzene rings is 2. The molecular formula is C22H32N4O. The van der Waals surface area contributed by atoms with Gasteiger partial charge in [-0.05, 0) is 60.3 Å². The van der Waals surface area contributed by atoms with Gasteiger partial charge in [0, 0.05) is 32.7 Å². The lowest BCUT2D eigenvalue weighted by Gasteiger charge is -2.32. The highest BCUT2D eigenvalue weighted by atomic mass is 16.5. The molecule has 0 atom stereocenters. The van der Waals surface area contributed by atoms with E-state index in [4.69, 9.17) is 4.74 Å². The van der Waals surface area contributed by atoms with E-state index in [9.17, 15) is 0 Å². The Kier molecular flexibility index (Phi) is 6.93. The van der Waals surface area contributed by atoms with Gasteiger partial charge in [-0.2, -0.15) is 0 Å². The summed E-state index contributed by atoms with van der Waals surface area (Å²) in [5.41, 5.74) is 1.24. The first-order valence-corrected chi connectivity index (χ1v) is 9.98. The zero-order valence-electron chi connectivity index (χ0n) is 16.8. The van der Waals surface area contributed by atoms with Crippen LogP contribution in [0.5, 0.6) is 5.75 Å². The van der Waals surface area contributed by atoms with Crippen LogP contribution in [0.3, 0.4) is 0 Å². The molecule has 146 valence electrons. The largest absolute Gasteiger partial charge is 0.497 e. The van der Waals surface area contributed by atoms with Crippen molar-refractivity contribution >= 4 is 16.7 Å². The summed E-state index contributed by atoms with van der Waals surface area (Å²) in [6.07, 6.45) is 3.59. The van der Waals surface area contributed by atoms with Crippen LogP contribution >= 0.6 is 0 Å². The Morgan fingerprint density at radius 1 is 1.15 bits per heavy atom. The summed E-state index contributed by atoms with van der Waals surface area (Å²) in [6, 6.07) is 13.2. The van der Waals surface area contributed by atoms with Crippen LogP contribution in [0.15, 0.2) is 41.4 Å². The molecular weight excluding hydrogens is 336 g/mol. The molecule has 27 heavy (non-hydrogen) atoms. The average molecular weight is 369 g/mol. The summed E-state index contributed by atoms with van der Waals surface area (Å²) in [5.74, 6) is 1.78. The first-order valence-electron chi connectivity index (χ1n) is 9.98. The van der Waals surface area contributed by atoms with Crippen molar-refractivity contribution in [3.63, 3.8) is 0 Å². The van der Waals surface area contributed by atoms with Crippen molar-refractivity contribution in [3.05, 3.63) is 42.0 Å². The van der Waals surface area contributed by atoms with Gasteiger partial charge >= 0.3 is 0 Å². The first kappa shape index (κ1) is 19.5. The van der Waals surface area contributed by atoms with E-state index in [-0.39, 0.29) is 0 Å². The summed E-state index contributed by atoms with van der Waals surface area (Å²) in [5, 5.41) is 9.46. The van der Waals surface area contributed by atoms with E-state index in [0.29, 0.717) is 6.04 Å². The fraction of sp³-hybridized carbons (Fsp3) is 0.500. The molecule has 1 saturated heterocycles. The molecule has 0 saturated carbocycles. The minimum atomic E-state index is 0.508. The molecule has 0 aromatic heterocycles. The summed E-state index contributed by atoms with van der Waals surface area (Å²) >= 11 is 0. The lowest BCUT2D eigenvalue weighted by molar-refractivity contribution is 0.206. The fourth-order valence-corrected chi connectivity index (χ4v) is 3.70. The van der Waals surface area contributed by atoms with E-state index >= 15 is 0 Å². The number of nitrogens with one attached hydrogen (secondary N) is 2. The van der Waals surface area contributed by atoms with Gasteiger partial charge in [0.25, 0.3) is 0 Å². The smallest absolute Gasteiger partial charge is 0.191 e. The standard InChI is InChI=1S/C22H32N4O/c1-4-11-26-12-9-20(10-13-26)25-22(23-2)24-16-17-5-6-19-15-21(27-3)8-7-18(19)14-17/h5-8,14-15,20H,4,9-13,16H2,1-3H3,(H2,23,24,25). The molecule has 1 aliphatic rings. The third kappa shape index (κ3) is 5.36. The molecule has 0 bridgehead atoms. The molecule has 5 heteroatoms. The Labute approximate surface area is 162 Å². The monoisotopic (exact) mass is 368 g/mol. The van der Waals surface area contributed by atoms with Crippen molar-refractivity contribution in [3.8, 4) is 5.75 Å². The molecule has 1 heterocycles. The van der Waals surface area contributed by atoms with Crippen molar-refractivity contribution in [1.29, 1.82) is 0 Å². The van der Waals surface area contributed by atoms with Gasteiger partial charge in [0.05, 0.1) is 7.11 Å². The van der Waals surface area contributed by atoms with Gasteiger partial charge in [-0.1, -0.05) is 25.1 Å². The molecule has 1 fully saturated rings. The lowest BCUT2D eigenvalue weighted by atomic mass is 10.1. The molecule has 3 rings (SSSR count). The average Bonchev–Trinajstić information content (AvgIpc) is 2.72. The predicted octanol–water partition coefficient (Wildman–Crippen LogP) is 3.39. The lowest BCUT2D eigenvalue weighted by Crippen LogP contribution is -2.48. The molecule has 0 aliphatic carbocycles. The number of rotatable bonds is 6. The van der Waals surface area contributed by atoms with Crippen LogP contribution in [0.1, 0.15) is 31.7 Å². The zero-order chi connectivity index (χ0) is 19.1. The topological polar surface area (TPSA) is 48.9 Å². The molecule has 0 radical (unpaired) electrons. The third-order valence-corrected chi connectivity index (χ3v) is 5.26. The normalized spacial score (nSPS) is 16.5. The van der Waals surface area contributed by atoms with E-state index in [1.54, 1.807) is 7.11 Å². The summed E-state index contributed by atoms with van der Waals surface area (Å²) in [6.45, 7) is 6.58. The Bertz CT molecular complexity index is 766. The Hall–Kier alpha value is -2.27. The highest BCUT2D eigenvalue weighted by Crippen LogP contribution is 2.21. The van der Waals surface area contributed by atoms with Crippen LogP contribution in [0, 0.1) is 0 Å². The minimum absolute atomic E-state index is 0.508. The molecule has 2 aromatic carbocycles. The number of hydrogen-bond acceptors (Lipinski definition) is 3. The van der Waals surface area contributed by atoms with E-state index in [0.717, 1.165) is 18.3 Å². The zero-order valence-corrected chi connectivity index (χ0v) is 16.8. The second-order valence-electron chi connectivity index (χ2n) is 7.23. The van der Waals surface area contributed by atoms with Gasteiger partial charge in [0.2, 0.25) is 0 Å². The van der Waals surface area contributed by atoms with Gasteiger partial charge in [-0.3, -0.25) is 4.99 Å². The van der Waals surface area contributed by atoms with E-state index in [1.165, 1.54) is 55.2 Å². The Morgan fingerprint density at radius 3 is 2.59 bits per heavy atom. The number of piperidine rings is 1. The number of guanidine groups is 1. The number of ether oxygens (including phenoxy) is 1. The molecule has 5 nitrogen and oxygen atoms in total. The number of nitrogens with zero attached hydrogens (tertiary/aromatic N) is 2. The summed E-state index contributed by atoms with van der Waals surface area (Å²) < 4.78 is 5.30. The summed E-state index contributed by atoms with van der Waals surface area (Å²) in [4.78, 5) is 6.96. The van der Waals surface area contributed by atoms with Crippen molar-refractivity contribution in [2.45, 2.75) is 38.8 Å². The number of fused-ring (bicyclic) bond motifs is 1. The number of methoxy groups -OCH3 is 1. The van der Waals surface area contributed by atoms with Gasteiger partial charge in [-0.15, -0.1) is 0 Å². The van der Waals surface area contributed by atoms with Crippen molar-refractivity contribution < 1.29 is 4.74 Å². The maximum Gasteiger partial charge on any atom is 0.191 e. The van der Waals surface area contributed by atoms with Crippen molar-refractivity contribution in [2.24, 2.45) is 4.99 Å². The number of likely N-dealkylation sites (tertiary alicyclic amines) is 1. The quantitative estimate of drug-likeness (QED) is 0.606. The highest BCUT2D eigenvalue weighted by molar-refractivity contribution is 5.85. The maximum absolute atomic E-state index is 5.30. The molecule has 0 amide bonds. The fourth-order valence-electron chi connectivity index (χ4n) is 3.70. The molecule has 0 unspecified atom stereocenters. The van der Waals surface area contributed by atoms with E-state index in [1.807, 2.05) is 13.1 Å². The first-order chi connectivity index (χ1) is 13.2. The molecule has 2 aromatic rings. The van der Waals surface area contributed by atoms with Crippen LogP contribution in [0.2, 0.25) is 0 Å². The predicted molar refractivity (Wildman–Crippen MR) is 114 cm³/mol. The Balaban J connectivity index is 1.53. The SMILES string of the molecule is CCCN1CCC(NC(=NC)NCc2ccc3cc(OC)ccc3c2)CC1. The van der Waals surface area contributed by atoms with Crippen LogP contribution in [0.4, 0.5) is 0 Å². The van der Waals surface area contributed by atoms with Crippen LogP contribution in [-0.4, -0.2) is 50.7 Å².